The lowest BCUT2D eigenvalue weighted by molar-refractivity contribution is 0.314. The van der Waals surface area contributed by atoms with Crippen molar-refractivity contribution in [3.05, 3.63) is 10.9 Å². The summed E-state index contributed by atoms with van der Waals surface area (Å²) < 4.78 is 0. The van der Waals surface area contributed by atoms with E-state index in [9.17, 15) is 0 Å². The molecule has 114 valence electrons. The SMILES string of the molecule is CCc1cc2c(N(C)CC3CCCN3C)nc(N)nc2s1. The minimum Gasteiger partial charge on any atom is -0.368 e. The first-order chi connectivity index (χ1) is 10.1. The minimum atomic E-state index is 0.369. The van der Waals surface area contributed by atoms with Crippen LogP contribution in [0.2, 0.25) is 0 Å². The van der Waals surface area contributed by atoms with E-state index < -0.39 is 0 Å². The van der Waals surface area contributed by atoms with E-state index >= 15 is 0 Å². The lowest BCUT2D eigenvalue weighted by Gasteiger charge is -2.27. The number of aromatic nitrogens is 2. The second kappa shape index (κ2) is 5.77. The highest BCUT2D eigenvalue weighted by Crippen LogP contribution is 2.32. The molecule has 1 fully saturated rings. The molecule has 0 aromatic carbocycles. The van der Waals surface area contributed by atoms with Gasteiger partial charge in [0, 0.05) is 24.5 Å². The molecule has 2 aromatic rings. The van der Waals surface area contributed by atoms with Crippen molar-refractivity contribution >= 4 is 33.3 Å². The van der Waals surface area contributed by atoms with Crippen LogP contribution in [0.25, 0.3) is 10.2 Å². The van der Waals surface area contributed by atoms with Crippen LogP contribution in [0.3, 0.4) is 0 Å². The Morgan fingerprint density at radius 2 is 2.29 bits per heavy atom. The summed E-state index contributed by atoms with van der Waals surface area (Å²) in [6.07, 6.45) is 3.57. The van der Waals surface area contributed by atoms with Crippen molar-refractivity contribution < 1.29 is 0 Å². The van der Waals surface area contributed by atoms with Crippen molar-refractivity contribution in [1.82, 2.24) is 14.9 Å². The zero-order valence-electron chi connectivity index (χ0n) is 13.0. The maximum atomic E-state index is 5.90. The average molecular weight is 305 g/mol. The fourth-order valence-corrected chi connectivity index (χ4v) is 4.02. The smallest absolute Gasteiger partial charge is 0.223 e. The number of rotatable bonds is 4. The van der Waals surface area contributed by atoms with E-state index in [0.29, 0.717) is 12.0 Å². The van der Waals surface area contributed by atoms with Gasteiger partial charge < -0.3 is 15.5 Å². The Labute approximate surface area is 129 Å². The number of nitrogen functional groups attached to an aromatic ring is 1. The lowest BCUT2D eigenvalue weighted by atomic mass is 10.2. The molecule has 2 N–H and O–H groups in total. The van der Waals surface area contributed by atoms with Crippen LogP contribution in [-0.4, -0.2) is 48.1 Å². The lowest BCUT2D eigenvalue weighted by Crippen LogP contribution is -2.37. The van der Waals surface area contributed by atoms with Gasteiger partial charge in [0.15, 0.2) is 0 Å². The zero-order chi connectivity index (χ0) is 15.0. The molecular weight excluding hydrogens is 282 g/mol. The average Bonchev–Trinajstić information content (AvgIpc) is 3.04. The van der Waals surface area contributed by atoms with Gasteiger partial charge in [-0.05, 0) is 38.9 Å². The van der Waals surface area contributed by atoms with E-state index in [1.165, 1.54) is 24.3 Å². The zero-order valence-corrected chi connectivity index (χ0v) is 13.8. The molecule has 3 heterocycles. The second-order valence-electron chi connectivity index (χ2n) is 5.85. The normalized spacial score (nSPS) is 19.5. The van der Waals surface area contributed by atoms with E-state index in [0.717, 1.165) is 29.0 Å². The third-order valence-corrected chi connectivity index (χ3v) is 5.48. The fourth-order valence-electron chi connectivity index (χ4n) is 3.05. The summed E-state index contributed by atoms with van der Waals surface area (Å²) in [6, 6.07) is 2.81. The van der Waals surface area contributed by atoms with Gasteiger partial charge in [-0.15, -0.1) is 11.3 Å². The summed E-state index contributed by atoms with van der Waals surface area (Å²) in [6.45, 7) is 4.34. The van der Waals surface area contributed by atoms with Crippen LogP contribution >= 0.6 is 11.3 Å². The number of hydrogen-bond donors (Lipinski definition) is 1. The summed E-state index contributed by atoms with van der Waals surface area (Å²) in [5.74, 6) is 1.34. The molecule has 0 spiro atoms. The molecule has 1 aliphatic rings. The highest BCUT2D eigenvalue weighted by atomic mass is 32.1. The minimum absolute atomic E-state index is 0.369. The molecular formula is C15H23N5S. The molecule has 1 aliphatic heterocycles. The maximum absolute atomic E-state index is 5.90. The topological polar surface area (TPSA) is 58.3 Å². The highest BCUT2D eigenvalue weighted by molar-refractivity contribution is 7.18. The molecule has 21 heavy (non-hydrogen) atoms. The Morgan fingerprint density at radius 3 is 2.95 bits per heavy atom. The number of hydrogen-bond acceptors (Lipinski definition) is 6. The van der Waals surface area contributed by atoms with Crippen molar-refractivity contribution in [3.8, 4) is 0 Å². The van der Waals surface area contributed by atoms with Gasteiger partial charge in [0.25, 0.3) is 0 Å². The first-order valence-corrected chi connectivity index (χ1v) is 8.37. The molecule has 1 saturated heterocycles. The molecule has 1 unspecified atom stereocenters. The number of anilines is 2. The first-order valence-electron chi connectivity index (χ1n) is 7.55. The number of fused-ring (bicyclic) bond motifs is 1. The first kappa shape index (κ1) is 14.5. The van der Waals surface area contributed by atoms with Crippen LogP contribution in [0.5, 0.6) is 0 Å². The van der Waals surface area contributed by atoms with E-state index in [4.69, 9.17) is 5.73 Å². The number of likely N-dealkylation sites (N-methyl/N-ethyl adjacent to an activating group) is 2. The number of likely N-dealkylation sites (tertiary alicyclic amines) is 1. The van der Waals surface area contributed by atoms with E-state index in [2.05, 4.69) is 46.9 Å². The van der Waals surface area contributed by atoms with Crippen LogP contribution < -0.4 is 10.6 Å². The van der Waals surface area contributed by atoms with Gasteiger partial charge >= 0.3 is 0 Å². The van der Waals surface area contributed by atoms with Crippen LogP contribution in [0.1, 0.15) is 24.6 Å². The van der Waals surface area contributed by atoms with Gasteiger partial charge in [0.05, 0.1) is 5.39 Å². The Balaban J connectivity index is 1.92. The molecule has 6 heteroatoms. The van der Waals surface area contributed by atoms with Gasteiger partial charge in [-0.25, -0.2) is 4.98 Å². The van der Waals surface area contributed by atoms with E-state index in [-0.39, 0.29) is 0 Å². The van der Waals surface area contributed by atoms with Crippen LogP contribution in [0, 0.1) is 0 Å². The predicted octanol–water partition coefficient (Wildman–Crippen LogP) is 2.37. The molecule has 0 bridgehead atoms. The van der Waals surface area contributed by atoms with Crippen LogP contribution in [0.15, 0.2) is 6.07 Å². The number of nitrogens with two attached hydrogens (primary N) is 1. The summed E-state index contributed by atoms with van der Waals surface area (Å²) in [5.41, 5.74) is 5.90. The molecule has 3 rings (SSSR count). The van der Waals surface area contributed by atoms with Crippen molar-refractivity contribution in [2.45, 2.75) is 32.2 Å². The largest absolute Gasteiger partial charge is 0.368 e. The molecule has 0 aliphatic carbocycles. The molecule has 0 saturated carbocycles. The van der Waals surface area contributed by atoms with Crippen molar-refractivity contribution in [3.63, 3.8) is 0 Å². The van der Waals surface area contributed by atoms with E-state index in [1.54, 1.807) is 11.3 Å². The van der Waals surface area contributed by atoms with Crippen molar-refractivity contribution in [2.75, 3.05) is 37.8 Å². The summed E-state index contributed by atoms with van der Waals surface area (Å²) >= 11 is 1.72. The molecule has 5 nitrogen and oxygen atoms in total. The molecule has 2 aromatic heterocycles. The third-order valence-electron chi connectivity index (χ3n) is 4.31. The van der Waals surface area contributed by atoms with Gasteiger partial charge in [0.1, 0.15) is 10.6 Å². The van der Waals surface area contributed by atoms with Gasteiger partial charge in [-0.2, -0.15) is 4.98 Å². The maximum Gasteiger partial charge on any atom is 0.223 e. The number of aryl methyl sites for hydroxylation is 1. The molecule has 1 atom stereocenters. The van der Waals surface area contributed by atoms with Crippen LogP contribution in [-0.2, 0) is 6.42 Å². The summed E-state index contributed by atoms with van der Waals surface area (Å²) in [7, 11) is 4.31. The van der Waals surface area contributed by atoms with Gasteiger partial charge in [-0.1, -0.05) is 6.92 Å². The summed E-state index contributed by atoms with van der Waals surface area (Å²) in [5, 5.41) is 1.13. The predicted molar refractivity (Wildman–Crippen MR) is 90.1 cm³/mol. The van der Waals surface area contributed by atoms with Gasteiger partial charge in [-0.3, -0.25) is 0 Å². The van der Waals surface area contributed by atoms with E-state index in [1.807, 2.05) is 0 Å². The monoisotopic (exact) mass is 305 g/mol. The van der Waals surface area contributed by atoms with Crippen LogP contribution in [0.4, 0.5) is 11.8 Å². The highest BCUT2D eigenvalue weighted by Gasteiger charge is 2.23. The number of thiophene rings is 1. The van der Waals surface area contributed by atoms with Crippen molar-refractivity contribution in [1.29, 1.82) is 0 Å². The molecule has 0 amide bonds. The van der Waals surface area contributed by atoms with Crippen molar-refractivity contribution in [2.24, 2.45) is 0 Å². The number of nitrogens with zero attached hydrogens (tertiary/aromatic N) is 4. The Bertz CT molecular complexity index is 638. The Kier molecular flexibility index (Phi) is 3.99. The van der Waals surface area contributed by atoms with Gasteiger partial charge in [0.2, 0.25) is 5.95 Å². The second-order valence-corrected chi connectivity index (χ2v) is 6.96. The summed E-state index contributed by atoms with van der Waals surface area (Å²) in [4.78, 5) is 15.9. The molecule has 0 radical (unpaired) electrons. The fraction of sp³-hybridized carbons (Fsp3) is 0.600. The standard InChI is InChI=1S/C15H23N5S/c1-4-11-8-12-13(17-15(16)18-14(12)21-11)20(3)9-10-6-5-7-19(10)2/h8,10H,4-7,9H2,1-3H3,(H2,16,17,18). The Hall–Kier alpha value is -1.40. The quantitative estimate of drug-likeness (QED) is 0.940. The third kappa shape index (κ3) is 2.82. The Morgan fingerprint density at radius 1 is 1.48 bits per heavy atom.